The third-order valence-electron chi connectivity index (χ3n) is 6.39. The molecule has 0 radical (unpaired) electrons. The molecule has 0 saturated carbocycles. The number of anilines is 1. The summed E-state index contributed by atoms with van der Waals surface area (Å²) in [6, 6.07) is 12.0. The fourth-order valence-electron chi connectivity index (χ4n) is 4.82. The SMILES string of the molecule is CCCCN1C(=O)[C@@]2(C(=C(O)c3ccc(F)cc3)C(=O)C(=O)N2CCCOC)c2ccccc21. The van der Waals surface area contributed by atoms with Gasteiger partial charge in [0.05, 0.1) is 11.3 Å². The number of carbonyl (C=O) groups is 3. The summed E-state index contributed by atoms with van der Waals surface area (Å²) in [5.41, 5.74) is -0.878. The Kier molecular flexibility index (Phi) is 6.52. The van der Waals surface area contributed by atoms with E-state index in [1.807, 2.05) is 6.92 Å². The van der Waals surface area contributed by atoms with Crippen molar-refractivity contribution in [2.45, 2.75) is 31.7 Å². The van der Waals surface area contributed by atoms with Gasteiger partial charge in [-0.1, -0.05) is 31.5 Å². The summed E-state index contributed by atoms with van der Waals surface area (Å²) < 4.78 is 18.6. The number of aliphatic hydroxyl groups is 1. The molecule has 0 unspecified atom stereocenters. The van der Waals surface area contributed by atoms with Gasteiger partial charge < -0.3 is 19.6 Å². The van der Waals surface area contributed by atoms with Crippen molar-refractivity contribution in [3.8, 4) is 0 Å². The number of halogens is 1. The first-order valence-electron chi connectivity index (χ1n) is 11.4. The van der Waals surface area contributed by atoms with Gasteiger partial charge in [0.1, 0.15) is 11.6 Å². The number of hydrogen-bond donors (Lipinski definition) is 1. The van der Waals surface area contributed by atoms with Gasteiger partial charge in [0, 0.05) is 37.9 Å². The standard InChI is InChI=1S/C26H27FN2O5/c1-3-4-14-28-20-9-6-5-8-19(20)26(25(28)33)21(22(30)17-10-12-18(27)13-11-17)23(31)24(32)29(26)15-7-16-34-2/h5-6,8-13,30H,3-4,7,14-16H2,1-2H3/t26-/m0/s1. The molecular formula is C26H27FN2O5. The number of unbranched alkanes of at least 4 members (excludes halogenated alkanes) is 1. The molecule has 2 aliphatic heterocycles. The molecule has 1 spiro atoms. The number of ketones is 1. The molecule has 2 aliphatic rings. The number of amides is 2. The molecule has 1 atom stereocenters. The van der Waals surface area contributed by atoms with E-state index >= 15 is 0 Å². The molecule has 178 valence electrons. The summed E-state index contributed by atoms with van der Waals surface area (Å²) in [6.07, 6.45) is 1.97. The Morgan fingerprint density at radius 3 is 2.41 bits per heavy atom. The van der Waals surface area contributed by atoms with Crippen LogP contribution in [0.25, 0.3) is 5.76 Å². The van der Waals surface area contributed by atoms with E-state index in [-0.39, 0.29) is 17.7 Å². The Bertz CT molecular complexity index is 1160. The first-order valence-corrected chi connectivity index (χ1v) is 11.4. The number of nitrogens with zero attached hydrogens (tertiary/aromatic N) is 2. The van der Waals surface area contributed by atoms with Crippen molar-refractivity contribution in [2.24, 2.45) is 0 Å². The van der Waals surface area contributed by atoms with Gasteiger partial charge in [0.2, 0.25) is 0 Å². The maximum Gasteiger partial charge on any atom is 0.296 e. The first kappa shape index (κ1) is 23.6. The molecule has 4 rings (SSSR count). The summed E-state index contributed by atoms with van der Waals surface area (Å²) in [7, 11) is 1.53. The number of hydrogen-bond acceptors (Lipinski definition) is 5. The molecule has 1 fully saturated rings. The highest BCUT2D eigenvalue weighted by molar-refractivity contribution is 6.50. The molecule has 1 saturated heterocycles. The largest absolute Gasteiger partial charge is 0.507 e. The lowest BCUT2D eigenvalue weighted by atomic mass is 9.82. The molecule has 0 aromatic heterocycles. The van der Waals surface area contributed by atoms with Crippen molar-refractivity contribution in [2.75, 3.05) is 31.7 Å². The van der Waals surface area contributed by atoms with Crippen LogP contribution >= 0.6 is 0 Å². The fourth-order valence-corrected chi connectivity index (χ4v) is 4.82. The fraction of sp³-hybridized carbons (Fsp3) is 0.346. The molecule has 2 aromatic rings. The predicted molar refractivity (Wildman–Crippen MR) is 125 cm³/mol. The monoisotopic (exact) mass is 466 g/mol. The minimum Gasteiger partial charge on any atom is -0.507 e. The van der Waals surface area contributed by atoms with Gasteiger partial charge in [0.15, 0.2) is 5.54 Å². The van der Waals surface area contributed by atoms with Crippen LogP contribution in [0.15, 0.2) is 54.1 Å². The number of para-hydroxylation sites is 1. The lowest BCUT2D eigenvalue weighted by molar-refractivity contribution is -0.143. The van der Waals surface area contributed by atoms with Gasteiger partial charge in [-0.2, -0.15) is 0 Å². The van der Waals surface area contributed by atoms with E-state index in [9.17, 15) is 23.9 Å². The Hall–Kier alpha value is -3.52. The quantitative estimate of drug-likeness (QED) is 0.278. The molecule has 34 heavy (non-hydrogen) atoms. The van der Waals surface area contributed by atoms with E-state index in [1.165, 1.54) is 24.1 Å². The van der Waals surface area contributed by atoms with Crippen LogP contribution in [0.5, 0.6) is 0 Å². The summed E-state index contributed by atoms with van der Waals surface area (Å²) >= 11 is 0. The van der Waals surface area contributed by atoms with Crippen LogP contribution in [0, 0.1) is 5.82 Å². The molecule has 0 bridgehead atoms. The predicted octanol–water partition coefficient (Wildman–Crippen LogP) is 3.58. The van der Waals surface area contributed by atoms with E-state index < -0.39 is 34.7 Å². The maximum absolute atomic E-state index is 14.2. The highest BCUT2D eigenvalue weighted by Gasteiger charge is 2.66. The lowest BCUT2D eigenvalue weighted by Crippen LogP contribution is -2.52. The van der Waals surface area contributed by atoms with Gasteiger partial charge in [-0.3, -0.25) is 14.4 Å². The van der Waals surface area contributed by atoms with Crippen molar-refractivity contribution in [3.63, 3.8) is 0 Å². The van der Waals surface area contributed by atoms with Gasteiger partial charge in [-0.15, -0.1) is 0 Å². The van der Waals surface area contributed by atoms with Crippen molar-refractivity contribution < 1.29 is 28.6 Å². The Morgan fingerprint density at radius 1 is 1.03 bits per heavy atom. The second-order valence-corrected chi connectivity index (χ2v) is 8.40. The summed E-state index contributed by atoms with van der Waals surface area (Å²) in [6.45, 7) is 2.83. The number of methoxy groups -OCH3 is 1. The number of benzene rings is 2. The average molecular weight is 467 g/mol. The van der Waals surface area contributed by atoms with Gasteiger partial charge >= 0.3 is 0 Å². The van der Waals surface area contributed by atoms with E-state index in [0.717, 1.165) is 25.0 Å². The second-order valence-electron chi connectivity index (χ2n) is 8.40. The van der Waals surface area contributed by atoms with Crippen LogP contribution in [0.2, 0.25) is 0 Å². The molecule has 2 heterocycles. The number of ether oxygens (including phenoxy) is 1. The number of aliphatic hydroxyl groups excluding tert-OH is 1. The zero-order chi connectivity index (χ0) is 24.5. The minimum absolute atomic E-state index is 0.0836. The smallest absolute Gasteiger partial charge is 0.296 e. The van der Waals surface area contributed by atoms with Crippen LogP contribution in [0.4, 0.5) is 10.1 Å². The van der Waals surface area contributed by atoms with Gasteiger partial charge in [-0.05, 0) is 43.2 Å². The van der Waals surface area contributed by atoms with Crippen LogP contribution in [-0.2, 0) is 24.7 Å². The van der Waals surface area contributed by atoms with E-state index in [1.54, 1.807) is 29.2 Å². The molecule has 8 heteroatoms. The molecule has 7 nitrogen and oxygen atoms in total. The van der Waals surface area contributed by atoms with E-state index in [2.05, 4.69) is 0 Å². The molecule has 1 N–H and O–H groups in total. The Morgan fingerprint density at radius 2 is 1.74 bits per heavy atom. The number of likely N-dealkylation sites (tertiary alicyclic amines) is 1. The Labute approximate surface area is 197 Å². The van der Waals surface area contributed by atoms with Crippen LogP contribution in [-0.4, -0.2) is 54.4 Å². The van der Waals surface area contributed by atoms with E-state index in [0.29, 0.717) is 30.8 Å². The van der Waals surface area contributed by atoms with Gasteiger partial charge in [-0.25, -0.2) is 4.39 Å². The summed E-state index contributed by atoms with van der Waals surface area (Å²) in [5, 5.41) is 11.3. The van der Waals surface area contributed by atoms with Crippen molar-refractivity contribution >= 4 is 29.0 Å². The lowest BCUT2D eigenvalue weighted by Gasteiger charge is -2.34. The molecular weight excluding hydrogens is 439 g/mol. The van der Waals surface area contributed by atoms with Gasteiger partial charge in [0.25, 0.3) is 17.6 Å². The number of carbonyl (C=O) groups excluding carboxylic acids is 3. The molecule has 0 aliphatic carbocycles. The van der Waals surface area contributed by atoms with Crippen molar-refractivity contribution in [3.05, 3.63) is 71.0 Å². The van der Waals surface area contributed by atoms with Crippen molar-refractivity contribution in [1.82, 2.24) is 4.90 Å². The van der Waals surface area contributed by atoms with Crippen molar-refractivity contribution in [1.29, 1.82) is 0 Å². The third-order valence-corrected chi connectivity index (χ3v) is 6.39. The summed E-state index contributed by atoms with van der Waals surface area (Å²) in [4.78, 5) is 43.7. The zero-order valence-electron chi connectivity index (χ0n) is 19.2. The second kappa shape index (κ2) is 9.38. The average Bonchev–Trinajstić information content (AvgIpc) is 3.21. The van der Waals surface area contributed by atoms with E-state index in [4.69, 9.17) is 4.74 Å². The summed E-state index contributed by atoms with van der Waals surface area (Å²) in [5.74, 6) is -3.28. The number of fused-ring (bicyclic) bond motifs is 2. The Balaban J connectivity index is 1.99. The van der Waals surface area contributed by atoms with Crippen LogP contribution < -0.4 is 4.90 Å². The maximum atomic E-state index is 14.2. The normalized spacial score (nSPS) is 21.1. The molecule has 2 amide bonds. The molecule has 2 aromatic carbocycles. The zero-order valence-corrected chi connectivity index (χ0v) is 19.2. The highest BCUT2D eigenvalue weighted by Crippen LogP contribution is 2.53. The minimum atomic E-state index is -1.80. The highest BCUT2D eigenvalue weighted by atomic mass is 19.1. The number of Topliss-reactive ketones (excluding diaryl/α,β-unsaturated/α-hetero) is 1. The third kappa shape index (κ3) is 3.49. The number of rotatable bonds is 8. The van der Waals surface area contributed by atoms with Crippen LogP contribution in [0.3, 0.4) is 0 Å². The first-order chi connectivity index (χ1) is 16.4. The van der Waals surface area contributed by atoms with Crippen LogP contribution in [0.1, 0.15) is 37.3 Å². The topological polar surface area (TPSA) is 87.2 Å².